The Morgan fingerprint density at radius 2 is 1.48 bits per heavy atom. The maximum Gasteiger partial charge on any atom is 0.272 e. The van der Waals surface area contributed by atoms with E-state index in [9.17, 15) is 9.59 Å². The Labute approximate surface area is 148 Å². The Kier molecular flexibility index (Phi) is 5.29. The summed E-state index contributed by atoms with van der Waals surface area (Å²) in [5.74, 6) is 1.88. The fourth-order valence-corrected chi connectivity index (χ4v) is 2.23. The SMILES string of the molecule is C#Cc1ccc(C(=O)NN(C(=O)c2ccc(C)cc2)C(C)(C)C)cc1. The van der Waals surface area contributed by atoms with Crippen LogP contribution in [0.4, 0.5) is 0 Å². The van der Waals surface area contributed by atoms with Crippen LogP contribution in [0.1, 0.15) is 52.6 Å². The number of rotatable bonds is 2. The van der Waals surface area contributed by atoms with Crippen molar-refractivity contribution in [1.29, 1.82) is 0 Å². The average molecular weight is 334 g/mol. The molecule has 2 amide bonds. The molecular weight excluding hydrogens is 312 g/mol. The minimum absolute atomic E-state index is 0.263. The Morgan fingerprint density at radius 1 is 0.960 bits per heavy atom. The van der Waals surface area contributed by atoms with Crippen molar-refractivity contribution in [2.45, 2.75) is 33.2 Å². The van der Waals surface area contributed by atoms with Gasteiger partial charge >= 0.3 is 0 Å². The molecule has 128 valence electrons. The molecule has 0 bridgehead atoms. The van der Waals surface area contributed by atoms with Crippen molar-refractivity contribution in [2.75, 3.05) is 0 Å². The van der Waals surface area contributed by atoms with Crippen LogP contribution in [0.2, 0.25) is 0 Å². The molecule has 0 aliphatic heterocycles. The lowest BCUT2D eigenvalue weighted by Crippen LogP contribution is -2.55. The Bertz CT molecular complexity index is 807. The van der Waals surface area contributed by atoms with Crippen molar-refractivity contribution in [3.63, 3.8) is 0 Å². The maximum absolute atomic E-state index is 12.9. The molecule has 25 heavy (non-hydrogen) atoms. The summed E-state index contributed by atoms with van der Waals surface area (Å²) in [4.78, 5) is 25.4. The molecule has 0 aliphatic rings. The largest absolute Gasteiger partial charge is 0.272 e. The molecule has 2 aromatic rings. The highest BCUT2D eigenvalue weighted by atomic mass is 16.2. The number of amides is 2. The van der Waals surface area contributed by atoms with Crippen LogP contribution in [0.25, 0.3) is 0 Å². The van der Waals surface area contributed by atoms with Gasteiger partial charge in [-0.15, -0.1) is 6.42 Å². The van der Waals surface area contributed by atoms with Crippen molar-refractivity contribution in [2.24, 2.45) is 0 Å². The maximum atomic E-state index is 12.9. The van der Waals surface area contributed by atoms with Gasteiger partial charge in [0.2, 0.25) is 0 Å². The van der Waals surface area contributed by atoms with E-state index < -0.39 is 5.54 Å². The number of hydrogen-bond donors (Lipinski definition) is 1. The molecule has 0 aromatic heterocycles. The fraction of sp³-hybridized carbons (Fsp3) is 0.238. The first kappa shape index (κ1) is 18.3. The molecule has 0 radical (unpaired) electrons. The van der Waals surface area contributed by atoms with E-state index in [1.165, 1.54) is 5.01 Å². The topological polar surface area (TPSA) is 49.4 Å². The molecule has 0 spiro atoms. The van der Waals surface area contributed by atoms with Crippen LogP contribution in [0, 0.1) is 19.3 Å². The van der Waals surface area contributed by atoms with Gasteiger partial charge in [0.25, 0.3) is 11.8 Å². The Hall–Kier alpha value is -3.06. The van der Waals surface area contributed by atoms with Gasteiger partial charge in [0.1, 0.15) is 0 Å². The molecule has 0 aliphatic carbocycles. The Balaban J connectivity index is 2.25. The lowest BCUT2D eigenvalue weighted by molar-refractivity contribution is 0.0358. The van der Waals surface area contributed by atoms with Crippen LogP contribution in [0.5, 0.6) is 0 Å². The van der Waals surface area contributed by atoms with Gasteiger partial charge in [-0.1, -0.05) is 23.6 Å². The van der Waals surface area contributed by atoms with Crippen molar-refractivity contribution in [1.82, 2.24) is 10.4 Å². The van der Waals surface area contributed by atoms with Gasteiger partial charge in [0.15, 0.2) is 0 Å². The summed E-state index contributed by atoms with van der Waals surface area (Å²) in [5, 5.41) is 1.36. The van der Waals surface area contributed by atoms with Crippen LogP contribution in [-0.4, -0.2) is 22.4 Å². The summed E-state index contributed by atoms with van der Waals surface area (Å²) < 4.78 is 0. The molecule has 1 N–H and O–H groups in total. The van der Waals surface area contributed by atoms with Gasteiger partial charge in [-0.2, -0.15) is 0 Å². The number of aryl methyl sites for hydroxylation is 1. The predicted octanol–water partition coefficient (Wildman–Crippen LogP) is 3.56. The molecule has 0 fully saturated rings. The summed E-state index contributed by atoms with van der Waals surface area (Å²) in [6, 6.07) is 13.9. The predicted molar refractivity (Wildman–Crippen MR) is 98.9 cm³/mol. The first-order valence-electron chi connectivity index (χ1n) is 8.01. The number of carbonyl (C=O) groups is 2. The second kappa shape index (κ2) is 7.23. The second-order valence-electron chi connectivity index (χ2n) is 6.84. The number of nitrogens with zero attached hydrogens (tertiary/aromatic N) is 1. The van der Waals surface area contributed by atoms with Crippen molar-refractivity contribution in [3.05, 3.63) is 70.8 Å². The highest BCUT2D eigenvalue weighted by Crippen LogP contribution is 2.16. The minimum Gasteiger partial charge on any atom is -0.267 e. The number of nitrogens with one attached hydrogen (secondary N) is 1. The standard InChI is InChI=1S/C21H22N2O2/c1-6-16-9-13-17(14-10-16)19(24)22-23(21(3,4)5)20(25)18-11-7-15(2)8-12-18/h1,7-14H,2-5H3,(H,22,24). The van der Waals surface area contributed by atoms with E-state index in [0.717, 1.165) is 5.56 Å². The summed E-state index contributed by atoms with van der Waals surface area (Å²) in [6.07, 6.45) is 5.33. The van der Waals surface area contributed by atoms with Crippen LogP contribution < -0.4 is 5.43 Å². The zero-order valence-electron chi connectivity index (χ0n) is 15.0. The summed E-state index contributed by atoms with van der Waals surface area (Å²) in [6.45, 7) is 7.54. The molecule has 2 rings (SSSR count). The van der Waals surface area contributed by atoms with E-state index in [2.05, 4.69) is 11.3 Å². The van der Waals surface area contributed by atoms with Gasteiger partial charge < -0.3 is 0 Å². The van der Waals surface area contributed by atoms with Crippen molar-refractivity contribution < 1.29 is 9.59 Å². The van der Waals surface area contributed by atoms with E-state index in [1.807, 2.05) is 39.8 Å². The number of terminal acetylenes is 1. The summed E-state index contributed by atoms with van der Waals surface area (Å²) >= 11 is 0. The molecule has 0 heterocycles. The first-order chi connectivity index (χ1) is 11.7. The lowest BCUT2D eigenvalue weighted by Gasteiger charge is -2.35. The molecular formula is C21H22N2O2. The lowest BCUT2D eigenvalue weighted by atomic mass is 10.1. The van der Waals surface area contributed by atoms with Gasteiger partial charge in [-0.05, 0) is 64.1 Å². The van der Waals surface area contributed by atoms with Gasteiger partial charge in [-0.25, -0.2) is 5.01 Å². The van der Waals surface area contributed by atoms with E-state index >= 15 is 0 Å². The smallest absolute Gasteiger partial charge is 0.267 e. The number of hydrogen-bond acceptors (Lipinski definition) is 2. The monoisotopic (exact) mass is 334 g/mol. The highest BCUT2D eigenvalue weighted by Gasteiger charge is 2.29. The minimum atomic E-state index is -0.587. The number of benzene rings is 2. The third kappa shape index (κ3) is 4.48. The highest BCUT2D eigenvalue weighted by molar-refractivity contribution is 5.99. The zero-order chi connectivity index (χ0) is 18.6. The molecule has 0 saturated heterocycles. The van der Waals surface area contributed by atoms with Crippen LogP contribution in [-0.2, 0) is 0 Å². The van der Waals surface area contributed by atoms with Gasteiger partial charge in [0, 0.05) is 16.7 Å². The second-order valence-corrected chi connectivity index (χ2v) is 6.84. The van der Waals surface area contributed by atoms with Gasteiger partial charge in [-0.3, -0.25) is 15.0 Å². The zero-order valence-corrected chi connectivity index (χ0v) is 15.0. The molecule has 4 heteroatoms. The van der Waals surface area contributed by atoms with Crippen LogP contribution in [0.15, 0.2) is 48.5 Å². The quantitative estimate of drug-likeness (QED) is 0.674. The Morgan fingerprint density at radius 3 is 1.96 bits per heavy atom. The number of hydrazine groups is 1. The van der Waals surface area contributed by atoms with Crippen molar-refractivity contribution >= 4 is 11.8 Å². The van der Waals surface area contributed by atoms with E-state index in [0.29, 0.717) is 16.7 Å². The summed E-state index contributed by atoms with van der Waals surface area (Å²) in [7, 11) is 0. The third-order valence-electron chi connectivity index (χ3n) is 3.70. The molecule has 4 nitrogen and oxygen atoms in total. The molecule has 0 unspecified atom stereocenters. The average Bonchev–Trinajstić information content (AvgIpc) is 2.58. The van der Waals surface area contributed by atoms with E-state index in [1.54, 1.807) is 36.4 Å². The van der Waals surface area contributed by atoms with Crippen LogP contribution >= 0.6 is 0 Å². The molecule has 2 aromatic carbocycles. The summed E-state index contributed by atoms with van der Waals surface area (Å²) in [5.41, 5.74) is 4.84. The fourth-order valence-electron chi connectivity index (χ4n) is 2.23. The first-order valence-corrected chi connectivity index (χ1v) is 8.01. The number of carbonyl (C=O) groups excluding carboxylic acids is 2. The molecule has 0 saturated carbocycles. The van der Waals surface area contributed by atoms with Gasteiger partial charge in [0.05, 0.1) is 5.54 Å². The molecule has 0 atom stereocenters. The third-order valence-corrected chi connectivity index (χ3v) is 3.70. The normalized spacial score (nSPS) is 10.7. The van der Waals surface area contributed by atoms with Crippen LogP contribution in [0.3, 0.4) is 0 Å². The van der Waals surface area contributed by atoms with Crippen molar-refractivity contribution in [3.8, 4) is 12.3 Å². The van der Waals surface area contributed by atoms with E-state index in [-0.39, 0.29) is 11.8 Å². The van der Waals surface area contributed by atoms with E-state index in [4.69, 9.17) is 6.42 Å².